The van der Waals surface area contributed by atoms with Crippen molar-refractivity contribution in [2.75, 3.05) is 0 Å². The van der Waals surface area contributed by atoms with Crippen molar-refractivity contribution >= 4 is 0 Å². The Balaban J connectivity index is 1.80. The summed E-state index contributed by atoms with van der Waals surface area (Å²) in [5.41, 5.74) is 4.49. The van der Waals surface area contributed by atoms with Gasteiger partial charge in [0.05, 0.1) is 0 Å². The standard InChI is InChI=1S/C16H18O/c1-3-10-7-11-8-12(10)16-15(11)13-6-9(2)4-5-14(13)17-16/h3-6,11-12,15-16H,7-8H2,1-2H3. The molecule has 1 aromatic rings. The molecule has 0 amide bonds. The Hall–Kier alpha value is -1.24. The number of hydrogen-bond acceptors (Lipinski definition) is 1. The monoisotopic (exact) mass is 226 g/mol. The number of rotatable bonds is 0. The van der Waals surface area contributed by atoms with Gasteiger partial charge in [-0.3, -0.25) is 0 Å². The summed E-state index contributed by atoms with van der Waals surface area (Å²) in [4.78, 5) is 0. The molecule has 1 nitrogen and oxygen atoms in total. The van der Waals surface area contributed by atoms with Gasteiger partial charge in [-0.1, -0.05) is 29.3 Å². The smallest absolute Gasteiger partial charge is 0.123 e. The molecule has 1 aromatic carbocycles. The van der Waals surface area contributed by atoms with Crippen LogP contribution in [0.15, 0.2) is 29.8 Å². The first-order chi connectivity index (χ1) is 8.28. The van der Waals surface area contributed by atoms with Gasteiger partial charge in [-0.15, -0.1) is 0 Å². The van der Waals surface area contributed by atoms with Crippen molar-refractivity contribution in [3.63, 3.8) is 0 Å². The third-order valence-electron chi connectivity index (χ3n) is 4.95. The number of aryl methyl sites for hydroxylation is 1. The van der Waals surface area contributed by atoms with Crippen molar-refractivity contribution < 1.29 is 4.74 Å². The Labute approximate surface area is 102 Å². The van der Waals surface area contributed by atoms with Crippen LogP contribution in [0.3, 0.4) is 0 Å². The SMILES string of the molecule is CC=C1CC2CC1C1Oc3ccc(C)cc3C21. The third-order valence-corrected chi connectivity index (χ3v) is 4.95. The molecule has 1 heteroatoms. The van der Waals surface area contributed by atoms with E-state index in [0.29, 0.717) is 17.9 Å². The van der Waals surface area contributed by atoms with Gasteiger partial charge in [0.15, 0.2) is 0 Å². The van der Waals surface area contributed by atoms with Crippen molar-refractivity contribution in [2.45, 2.75) is 38.7 Å². The van der Waals surface area contributed by atoms with E-state index in [-0.39, 0.29) is 0 Å². The normalized spacial score (nSPS) is 39.3. The largest absolute Gasteiger partial charge is 0.489 e. The van der Waals surface area contributed by atoms with Crippen molar-refractivity contribution in [1.82, 2.24) is 0 Å². The lowest BCUT2D eigenvalue weighted by molar-refractivity contribution is 0.172. The molecule has 17 heavy (non-hydrogen) atoms. The van der Waals surface area contributed by atoms with Crippen LogP contribution in [0.2, 0.25) is 0 Å². The van der Waals surface area contributed by atoms with Crippen LogP contribution >= 0.6 is 0 Å². The van der Waals surface area contributed by atoms with E-state index in [0.717, 1.165) is 11.7 Å². The van der Waals surface area contributed by atoms with Gasteiger partial charge < -0.3 is 4.74 Å². The summed E-state index contributed by atoms with van der Waals surface area (Å²) in [6.07, 6.45) is 5.41. The highest BCUT2D eigenvalue weighted by molar-refractivity contribution is 5.47. The van der Waals surface area contributed by atoms with Gasteiger partial charge in [-0.25, -0.2) is 0 Å². The number of benzene rings is 1. The quantitative estimate of drug-likeness (QED) is 0.611. The molecule has 1 aliphatic heterocycles. The van der Waals surface area contributed by atoms with Crippen molar-refractivity contribution in [2.24, 2.45) is 11.8 Å². The summed E-state index contributed by atoms with van der Waals surface area (Å²) in [6.45, 7) is 4.36. The first kappa shape index (κ1) is 9.76. The molecule has 0 aromatic heterocycles. The van der Waals surface area contributed by atoms with Crippen LogP contribution in [-0.2, 0) is 0 Å². The maximum Gasteiger partial charge on any atom is 0.123 e. The zero-order valence-electron chi connectivity index (χ0n) is 10.4. The van der Waals surface area contributed by atoms with E-state index in [1.165, 1.54) is 24.0 Å². The minimum atomic E-state index is 0.441. The summed E-state index contributed by atoms with van der Waals surface area (Å²) in [5.74, 6) is 3.36. The average Bonchev–Trinajstić information content (AvgIpc) is 2.96. The summed E-state index contributed by atoms with van der Waals surface area (Å²) in [5, 5.41) is 0. The lowest BCUT2D eigenvalue weighted by atomic mass is 9.80. The Morgan fingerprint density at radius 3 is 3.06 bits per heavy atom. The second-order valence-electron chi connectivity index (χ2n) is 5.82. The van der Waals surface area contributed by atoms with E-state index in [4.69, 9.17) is 4.74 Å². The molecule has 88 valence electrons. The predicted octanol–water partition coefficient (Wildman–Crippen LogP) is 3.83. The van der Waals surface area contributed by atoms with Crippen LogP contribution in [0.4, 0.5) is 0 Å². The fourth-order valence-electron chi connectivity index (χ4n) is 4.25. The molecule has 2 fully saturated rings. The van der Waals surface area contributed by atoms with E-state index < -0.39 is 0 Å². The lowest BCUT2D eigenvalue weighted by Gasteiger charge is -2.25. The Bertz CT molecular complexity index is 514. The van der Waals surface area contributed by atoms with E-state index in [1.54, 1.807) is 5.57 Å². The van der Waals surface area contributed by atoms with Gasteiger partial charge in [-0.2, -0.15) is 0 Å². The minimum Gasteiger partial charge on any atom is -0.489 e. The molecule has 2 saturated carbocycles. The van der Waals surface area contributed by atoms with E-state index in [2.05, 4.69) is 38.1 Å². The molecule has 2 aliphatic carbocycles. The van der Waals surface area contributed by atoms with Crippen molar-refractivity contribution in [3.8, 4) is 5.75 Å². The zero-order chi connectivity index (χ0) is 11.6. The summed E-state index contributed by atoms with van der Waals surface area (Å²) >= 11 is 0. The van der Waals surface area contributed by atoms with Gasteiger partial charge in [0.25, 0.3) is 0 Å². The van der Waals surface area contributed by atoms with Crippen molar-refractivity contribution in [3.05, 3.63) is 41.0 Å². The topological polar surface area (TPSA) is 9.23 Å². The predicted molar refractivity (Wildman–Crippen MR) is 68.3 cm³/mol. The van der Waals surface area contributed by atoms with E-state index >= 15 is 0 Å². The fraction of sp³-hybridized carbons (Fsp3) is 0.500. The molecule has 4 rings (SSSR count). The molecule has 0 spiro atoms. The highest BCUT2D eigenvalue weighted by Gasteiger charge is 2.55. The molecule has 3 aliphatic rings. The van der Waals surface area contributed by atoms with E-state index in [1.807, 2.05) is 0 Å². The summed E-state index contributed by atoms with van der Waals surface area (Å²) < 4.78 is 6.21. The van der Waals surface area contributed by atoms with Crippen LogP contribution in [0.1, 0.15) is 36.8 Å². The number of hydrogen-bond donors (Lipinski definition) is 0. The second-order valence-corrected chi connectivity index (χ2v) is 5.82. The fourth-order valence-corrected chi connectivity index (χ4v) is 4.25. The van der Waals surface area contributed by atoms with Crippen molar-refractivity contribution in [1.29, 1.82) is 0 Å². The lowest BCUT2D eigenvalue weighted by Crippen LogP contribution is -2.27. The Kier molecular flexibility index (Phi) is 1.81. The van der Waals surface area contributed by atoms with E-state index in [9.17, 15) is 0 Å². The Morgan fingerprint density at radius 1 is 1.35 bits per heavy atom. The molecule has 0 radical (unpaired) electrons. The van der Waals surface area contributed by atoms with Crippen LogP contribution in [0, 0.1) is 18.8 Å². The molecule has 4 unspecified atom stereocenters. The first-order valence-electron chi connectivity index (χ1n) is 6.70. The van der Waals surface area contributed by atoms with Crippen LogP contribution in [0.25, 0.3) is 0 Å². The molecule has 4 atom stereocenters. The van der Waals surface area contributed by atoms with Gasteiger partial charge in [-0.05, 0) is 38.7 Å². The number of allylic oxidation sites excluding steroid dienone is 1. The molecule has 2 bridgehead atoms. The highest BCUT2D eigenvalue weighted by Crippen LogP contribution is 2.61. The molecular formula is C16H18O. The number of ether oxygens (including phenoxy) is 1. The van der Waals surface area contributed by atoms with Gasteiger partial charge in [0.1, 0.15) is 11.9 Å². The minimum absolute atomic E-state index is 0.441. The highest BCUT2D eigenvalue weighted by atomic mass is 16.5. The van der Waals surface area contributed by atoms with Crippen LogP contribution in [0.5, 0.6) is 5.75 Å². The molecule has 0 saturated heterocycles. The molecule has 0 N–H and O–H groups in total. The first-order valence-corrected chi connectivity index (χ1v) is 6.70. The summed E-state index contributed by atoms with van der Waals surface area (Å²) in [6, 6.07) is 6.67. The second kappa shape index (κ2) is 3.16. The zero-order valence-corrected chi connectivity index (χ0v) is 10.4. The molecule has 1 heterocycles. The van der Waals surface area contributed by atoms with Crippen LogP contribution in [-0.4, -0.2) is 6.10 Å². The maximum atomic E-state index is 6.21. The number of fused-ring (bicyclic) bond motifs is 7. The Morgan fingerprint density at radius 2 is 2.24 bits per heavy atom. The third kappa shape index (κ3) is 1.15. The van der Waals surface area contributed by atoms with Gasteiger partial charge >= 0.3 is 0 Å². The molecular weight excluding hydrogens is 208 g/mol. The average molecular weight is 226 g/mol. The maximum absolute atomic E-state index is 6.21. The van der Waals surface area contributed by atoms with Gasteiger partial charge in [0.2, 0.25) is 0 Å². The van der Waals surface area contributed by atoms with Gasteiger partial charge in [0, 0.05) is 17.4 Å². The summed E-state index contributed by atoms with van der Waals surface area (Å²) in [7, 11) is 0. The van der Waals surface area contributed by atoms with Crippen LogP contribution < -0.4 is 4.74 Å².